The highest BCUT2D eigenvalue weighted by molar-refractivity contribution is 5.74. The normalized spacial score (nSPS) is 13.6. The molecule has 3 nitrogen and oxygen atoms in total. The highest BCUT2D eigenvalue weighted by Crippen LogP contribution is 2.34. The van der Waals surface area contributed by atoms with Crippen molar-refractivity contribution in [3.63, 3.8) is 0 Å². The van der Waals surface area contributed by atoms with E-state index >= 15 is 0 Å². The van der Waals surface area contributed by atoms with E-state index in [0.29, 0.717) is 0 Å². The molecule has 0 unspecified atom stereocenters. The van der Waals surface area contributed by atoms with Gasteiger partial charge in [-0.15, -0.1) is 0 Å². The summed E-state index contributed by atoms with van der Waals surface area (Å²) in [5, 5.41) is 17.5. The molecule has 1 aromatic carbocycles. The molecule has 15 heavy (non-hydrogen) atoms. The van der Waals surface area contributed by atoms with Gasteiger partial charge in [0.1, 0.15) is 0 Å². The molecule has 0 bridgehead atoms. The summed E-state index contributed by atoms with van der Waals surface area (Å²) in [6.45, 7) is 0. The van der Waals surface area contributed by atoms with Crippen LogP contribution in [0.25, 0.3) is 0 Å². The molecule has 6 heteroatoms. The summed E-state index contributed by atoms with van der Waals surface area (Å²) in [5.74, 6) is -1.72. The van der Waals surface area contributed by atoms with Crippen molar-refractivity contribution in [1.82, 2.24) is 0 Å². The quantitative estimate of drug-likeness (QED) is 0.799. The topological polar surface area (TPSA) is 57.5 Å². The van der Waals surface area contributed by atoms with Crippen LogP contribution >= 0.6 is 0 Å². The number of hydrogen-bond acceptors (Lipinski definition) is 2. The predicted octanol–water partition coefficient (Wildman–Crippen LogP) is 1.82. The minimum atomic E-state index is -4.67. The van der Waals surface area contributed by atoms with E-state index in [1.54, 1.807) is 0 Å². The average Bonchev–Trinajstić information content (AvgIpc) is 2.15. The molecule has 0 fully saturated rings. The van der Waals surface area contributed by atoms with Gasteiger partial charge in [-0.1, -0.05) is 18.2 Å². The van der Waals surface area contributed by atoms with Gasteiger partial charge in [0.15, 0.2) is 6.10 Å². The van der Waals surface area contributed by atoms with E-state index in [4.69, 9.17) is 10.2 Å². The number of aliphatic carboxylic acids is 1. The first-order valence-electron chi connectivity index (χ1n) is 3.91. The van der Waals surface area contributed by atoms with Crippen LogP contribution in [-0.4, -0.2) is 16.2 Å². The van der Waals surface area contributed by atoms with Crippen molar-refractivity contribution >= 4 is 5.97 Å². The smallest absolute Gasteiger partial charge is 0.416 e. The molecule has 0 aliphatic rings. The molecule has 82 valence electrons. The fourth-order valence-electron chi connectivity index (χ4n) is 1.13. The van der Waals surface area contributed by atoms with Gasteiger partial charge in [0.05, 0.1) is 5.56 Å². The second kappa shape index (κ2) is 3.90. The Balaban J connectivity index is 3.24. The number of halogens is 3. The van der Waals surface area contributed by atoms with Crippen molar-refractivity contribution in [1.29, 1.82) is 0 Å². The van der Waals surface area contributed by atoms with E-state index in [1.807, 2.05) is 0 Å². The van der Waals surface area contributed by atoms with Crippen molar-refractivity contribution < 1.29 is 28.2 Å². The molecule has 0 saturated heterocycles. The molecule has 0 heterocycles. The number of rotatable bonds is 2. The van der Waals surface area contributed by atoms with Crippen LogP contribution in [0.4, 0.5) is 13.2 Å². The van der Waals surface area contributed by atoms with E-state index in [2.05, 4.69) is 0 Å². The summed E-state index contributed by atoms with van der Waals surface area (Å²) in [4.78, 5) is 10.4. The Labute approximate surface area is 82.8 Å². The summed E-state index contributed by atoms with van der Waals surface area (Å²) >= 11 is 0. The number of hydrogen-bond donors (Lipinski definition) is 2. The first-order chi connectivity index (χ1) is 6.84. The van der Waals surface area contributed by atoms with Gasteiger partial charge in [0.2, 0.25) is 0 Å². The van der Waals surface area contributed by atoms with Crippen LogP contribution < -0.4 is 0 Å². The van der Waals surface area contributed by atoms with Gasteiger partial charge in [0.25, 0.3) is 0 Å². The van der Waals surface area contributed by atoms with Gasteiger partial charge in [-0.2, -0.15) is 13.2 Å². The first kappa shape index (κ1) is 11.5. The molecule has 1 atom stereocenters. The third-order valence-corrected chi connectivity index (χ3v) is 1.79. The van der Waals surface area contributed by atoms with Crippen LogP contribution in [0.5, 0.6) is 0 Å². The maximum absolute atomic E-state index is 12.4. The van der Waals surface area contributed by atoms with Gasteiger partial charge >= 0.3 is 12.1 Å². The lowest BCUT2D eigenvalue weighted by atomic mass is 10.0. The fourth-order valence-corrected chi connectivity index (χ4v) is 1.13. The van der Waals surface area contributed by atoms with E-state index in [9.17, 15) is 18.0 Å². The largest absolute Gasteiger partial charge is 0.479 e. The Morgan fingerprint density at radius 3 is 2.27 bits per heavy atom. The molecule has 1 aromatic rings. The molecule has 0 aliphatic heterocycles. The lowest BCUT2D eigenvalue weighted by Gasteiger charge is -2.14. The maximum Gasteiger partial charge on any atom is 0.416 e. The Morgan fingerprint density at radius 2 is 1.80 bits per heavy atom. The van der Waals surface area contributed by atoms with Gasteiger partial charge in [0, 0.05) is 5.56 Å². The predicted molar refractivity (Wildman–Crippen MR) is 44.0 cm³/mol. The zero-order valence-electron chi connectivity index (χ0n) is 7.32. The lowest BCUT2D eigenvalue weighted by Crippen LogP contribution is -2.17. The minimum absolute atomic E-state index is 0.655. The Bertz CT molecular complexity index is 373. The standard InChI is InChI=1S/C9H7F3O3/c10-9(11,12)6-4-2-1-3-5(6)7(13)8(14)15/h1-4,7,13H,(H,14,15)/t7-/m1/s1. The zero-order valence-corrected chi connectivity index (χ0v) is 7.32. The third-order valence-electron chi connectivity index (χ3n) is 1.79. The second-order valence-electron chi connectivity index (χ2n) is 2.83. The van der Waals surface area contributed by atoms with E-state index < -0.39 is 29.4 Å². The highest BCUT2D eigenvalue weighted by Gasteiger charge is 2.36. The Morgan fingerprint density at radius 1 is 1.27 bits per heavy atom. The van der Waals surface area contributed by atoms with E-state index in [0.717, 1.165) is 18.2 Å². The van der Waals surface area contributed by atoms with Crippen LogP contribution in [0.2, 0.25) is 0 Å². The summed E-state index contributed by atoms with van der Waals surface area (Å²) in [6.07, 6.45) is -6.84. The fraction of sp³-hybridized carbons (Fsp3) is 0.222. The molecular weight excluding hydrogens is 213 g/mol. The van der Waals surface area contributed by atoms with Crippen molar-refractivity contribution in [3.05, 3.63) is 35.4 Å². The molecule has 0 amide bonds. The number of carboxylic acid groups (broad SMARTS) is 1. The summed E-state index contributed by atoms with van der Waals surface area (Å²) in [7, 11) is 0. The lowest BCUT2D eigenvalue weighted by molar-refractivity contribution is -0.149. The van der Waals surface area contributed by atoms with Crippen molar-refractivity contribution in [2.45, 2.75) is 12.3 Å². The summed E-state index contributed by atoms with van der Waals surface area (Å²) in [6, 6.07) is 4.01. The van der Waals surface area contributed by atoms with Crippen molar-refractivity contribution in [3.8, 4) is 0 Å². The number of benzene rings is 1. The van der Waals surface area contributed by atoms with Crippen LogP contribution in [-0.2, 0) is 11.0 Å². The number of carbonyl (C=O) groups is 1. The number of carboxylic acids is 1. The zero-order chi connectivity index (χ0) is 11.6. The SMILES string of the molecule is O=C(O)[C@H](O)c1ccccc1C(F)(F)F. The molecule has 0 saturated carbocycles. The van der Waals surface area contributed by atoms with Gasteiger partial charge in [-0.3, -0.25) is 0 Å². The van der Waals surface area contributed by atoms with Gasteiger partial charge in [-0.25, -0.2) is 4.79 Å². The molecular formula is C9H7F3O3. The molecule has 0 aliphatic carbocycles. The Kier molecular flexibility index (Phi) is 2.99. The van der Waals surface area contributed by atoms with Gasteiger partial charge < -0.3 is 10.2 Å². The molecule has 0 spiro atoms. The van der Waals surface area contributed by atoms with Crippen LogP contribution in [0.3, 0.4) is 0 Å². The molecule has 1 rings (SSSR count). The van der Waals surface area contributed by atoms with E-state index in [-0.39, 0.29) is 0 Å². The molecule has 2 N–H and O–H groups in total. The minimum Gasteiger partial charge on any atom is -0.479 e. The second-order valence-corrected chi connectivity index (χ2v) is 2.83. The average molecular weight is 220 g/mol. The van der Waals surface area contributed by atoms with E-state index in [1.165, 1.54) is 6.07 Å². The summed E-state index contributed by atoms with van der Waals surface area (Å²) in [5.41, 5.74) is -1.79. The third kappa shape index (κ3) is 2.47. The number of alkyl halides is 3. The van der Waals surface area contributed by atoms with Crippen LogP contribution in [0.1, 0.15) is 17.2 Å². The van der Waals surface area contributed by atoms with Crippen LogP contribution in [0.15, 0.2) is 24.3 Å². The van der Waals surface area contributed by atoms with Crippen molar-refractivity contribution in [2.75, 3.05) is 0 Å². The molecule has 0 aromatic heterocycles. The van der Waals surface area contributed by atoms with Gasteiger partial charge in [-0.05, 0) is 6.07 Å². The Hall–Kier alpha value is -1.56. The first-order valence-corrected chi connectivity index (χ1v) is 3.91. The van der Waals surface area contributed by atoms with Crippen LogP contribution in [0, 0.1) is 0 Å². The summed E-state index contributed by atoms with van der Waals surface area (Å²) < 4.78 is 37.1. The highest BCUT2D eigenvalue weighted by atomic mass is 19.4. The maximum atomic E-state index is 12.4. The monoisotopic (exact) mass is 220 g/mol. The number of aliphatic hydroxyl groups excluding tert-OH is 1. The van der Waals surface area contributed by atoms with Crippen molar-refractivity contribution in [2.24, 2.45) is 0 Å². The number of aliphatic hydroxyl groups is 1. The molecule has 0 radical (unpaired) electrons.